The molecule has 2 amide bonds. The van der Waals surface area contributed by atoms with Gasteiger partial charge in [0.1, 0.15) is 5.82 Å². The number of rotatable bonds is 5. The molecule has 3 saturated heterocycles. The number of aromatic nitrogens is 2. The molecule has 1 aromatic heterocycles. The van der Waals surface area contributed by atoms with E-state index in [9.17, 15) is 4.79 Å². The fourth-order valence-electron chi connectivity index (χ4n) is 6.66. The summed E-state index contributed by atoms with van der Waals surface area (Å²) in [5.74, 6) is 1.83. The zero-order valence-electron chi connectivity index (χ0n) is 24.6. The summed E-state index contributed by atoms with van der Waals surface area (Å²) in [7, 11) is 4.32. The summed E-state index contributed by atoms with van der Waals surface area (Å²) in [6, 6.07) is 16.4. The van der Waals surface area contributed by atoms with Crippen molar-refractivity contribution < 1.29 is 9.53 Å². The van der Waals surface area contributed by atoms with Crippen molar-refractivity contribution in [2.75, 3.05) is 80.5 Å². The molecule has 4 aliphatic heterocycles. The van der Waals surface area contributed by atoms with Crippen molar-refractivity contribution in [2.24, 2.45) is 0 Å². The molecule has 220 valence electrons. The van der Waals surface area contributed by atoms with Crippen LogP contribution in [0.5, 0.6) is 0 Å². The number of nitrogens with zero attached hydrogens (tertiary/aromatic N) is 6. The van der Waals surface area contributed by atoms with E-state index < -0.39 is 0 Å². The fraction of sp³-hybridized carbons (Fsp3) is 0.469. The Morgan fingerprint density at radius 2 is 1.45 bits per heavy atom. The lowest BCUT2D eigenvalue weighted by atomic mass is 10.0. The second-order valence-corrected chi connectivity index (χ2v) is 12.1. The molecule has 42 heavy (non-hydrogen) atoms. The molecular weight excluding hydrogens is 528 g/mol. The highest BCUT2D eigenvalue weighted by Gasteiger charge is 2.40. The Morgan fingerprint density at radius 1 is 0.810 bits per heavy atom. The van der Waals surface area contributed by atoms with Crippen molar-refractivity contribution in [1.82, 2.24) is 19.8 Å². The van der Waals surface area contributed by atoms with Crippen LogP contribution >= 0.6 is 0 Å². The number of piperazine rings is 1. The number of ether oxygens (including phenoxy) is 1. The number of morpholine rings is 1. The van der Waals surface area contributed by atoms with E-state index in [1.54, 1.807) is 0 Å². The van der Waals surface area contributed by atoms with Gasteiger partial charge in [0.15, 0.2) is 5.82 Å². The number of hydrogen-bond acceptors (Lipinski definition) is 8. The van der Waals surface area contributed by atoms with Crippen LogP contribution in [0.25, 0.3) is 11.4 Å². The number of benzene rings is 2. The van der Waals surface area contributed by atoms with Crippen molar-refractivity contribution in [1.29, 1.82) is 0 Å². The molecular formula is C32H40N8O2. The van der Waals surface area contributed by atoms with Crippen molar-refractivity contribution in [2.45, 2.75) is 37.9 Å². The molecule has 2 aromatic carbocycles. The molecule has 0 saturated carbocycles. The molecule has 2 N–H and O–H groups in total. The second-order valence-electron chi connectivity index (χ2n) is 12.1. The third-order valence-corrected chi connectivity index (χ3v) is 9.11. The molecule has 10 heteroatoms. The Hall–Kier alpha value is -3.73. The van der Waals surface area contributed by atoms with Gasteiger partial charge in [-0.15, -0.1) is 0 Å². The maximum atomic E-state index is 12.8. The van der Waals surface area contributed by atoms with Crippen LogP contribution in [0.1, 0.15) is 24.1 Å². The van der Waals surface area contributed by atoms with Gasteiger partial charge in [0, 0.05) is 73.9 Å². The van der Waals surface area contributed by atoms with Crippen LogP contribution in [0.3, 0.4) is 0 Å². The number of anilines is 4. The standard InChI is InChI=1S/C32H40N8O2/c1-37-15-17-39(18-16-37)25-9-7-24(8-10-25)34-32(41)33-23-5-3-22(4-6-23)30-35-29-13-14-38(2)19-28(29)31(36-30)40-26-11-12-27(40)21-42-20-26/h3-10,26-27H,11-21H2,1-2H3,(H2,33,34,41). The molecule has 4 aliphatic rings. The average molecular weight is 569 g/mol. The lowest BCUT2D eigenvalue weighted by Gasteiger charge is -2.38. The topological polar surface area (TPSA) is 89.1 Å². The molecule has 2 bridgehead atoms. The zero-order valence-corrected chi connectivity index (χ0v) is 24.6. The Balaban J connectivity index is 1.04. The van der Waals surface area contributed by atoms with Gasteiger partial charge in [-0.3, -0.25) is 0 Å². The van der Waals surface area contributed by atoms with Crippen LogP contribution < -0.4 is 20.4 Å². The van der Waals surface area contributed by atoms with Crippen molar-refractivity contribution in [3.05, 3.63) is 59.8 Å². The van der Waals surface area contributed by atoms with E-state index in [-0.39, 0.29) is 6.03 Å². The van der Waals surface area contributed by atoms with Gasteiger partial charge < -0.3 is 35.0 Å². The van der Waals surface area contributed by atoms with Gasteiger partial charge >= 0.3 is 6.03 Å². The molecule has 0 radical (unpaired) electrons. The number of hydrogen-bond donors (Lipinski definition) is 2. The Morgan fingerprint density at radius 3 is 2.12 bits per heavy atom. The highest BCUT2D eigenvalue weighted by molar-refractivity contribution is 6.00. The van der Waals surface area contributed by atoms with E-state index in [4.69, 9.17) is 14.7 Å². The van der Waals surface area contributed by atoms with Gasteiger partial charge in [-0.1, -0.05) is 0 Å². The maximum Gasteiger partial charge on any atom is 0.323 e. The van der Waals surface area contributed by atoms with E-state index in [2.05, 4.69) is 56.5 Å². The first-order valence-electron chi connectivity index (χ1n) is 15.2. The minimum absolute atomic E-state index is 0.269. The third-order valence-electron chi connectivity index (χ3n) is 9.11. The zero-order chi connectivity index (χ0) is 28.6. The van der Waals surface area contributed by atoms with Gasteiger partial charge in [-0.2, -0.15) is 0 Å². The summed E-state index contributed by atoms with van der Waals surface area (Å²) in [5.41, 5.74) is 6.03. The van der Waals surface area contributed by atoms with Gasteiger partial charge in [0.25, 0.3) is 0 Å². The highest BCUT2D eigenvalue weighted by Crippen LogP contribution is 2.38. The molecule has 10 nitrogen and oxygen atoms in total. The molecule has 7 rings (SSSR count). The van der Waals surface area contributed by atoms with E-state index >= 15 is 0 Å². The SMILES string of the molecule is CN1CCN(c2ccc(NC(=O)Nc3ccc(-c4nc5c(c(N6C7CCC6COC7)n4)CN(C)CC5)cc3)cc2)CC1. The molecule has 3 fully saturated rings. The summed E-state index contributed by atoms with van der Waals surface area (Å²) >= 11 is 0. The van der Waals surface area contributed by atoms with Crippen molar-refractivity contribution in [3.63, 3.8) is 0 Å². The van der Waals surface area contributed by atoms with Gasteiger partial charge in [0.2, 0.25) is 0 Å². The number of carbonyl (C=O) groups is 1. The van der Waals surface area contributed by atoms with Gasteiger partial charge in [0.05, 0.1) is 31.0 Å². The van der Waals surface area contributed by atoms with Crippen molar-refractivity contribution in [3.8, 4) is 11.4 Å². The van der Waals surface area contributed by atoms with Crippen LogP contribution in [-0.4, -0.2) is 97.9 Å². The van der Waals surface area contributed by atoms with E-state index in [0.717, 1.165) is 106 Å². The van der Waals surface area contributed by atoms with Crippen LogP contribution in [0.15, 0.2) is 48.5 Å². The van der Waals surface area contributed by atoms with E-state index in [1.807, 2.05) is 36.4 Å². The van der Waals surface area contributed by atoms with Crippen LogP contribution in [0, 0.1) is 0 Å². The maximum absolute atomic E-state index is 12.8. The van der Waals surface area contributed by atoms with Crippen LogP contribution in [0.4, 0.5) is 27.7 Å². The average Bonchev–Trinajstić information content (AvgIpc) is 3.24. The smallest absolute Gasteiger partial charge is 0.323 e. The van der Waals surface area contributed by atoms with E-state index in [0.29, 0.717) is 12.1 Å². The van der Waals surface area contributed by atoms with Crippen molar-refractivity contribution >= 4 is 28.9 Å². The summed E-state index contributed by atoms with van der Waals surface area (Å²) < 4.78 is 5.87. The molecule has 2 atom stereocenters. The predicted octanol–water partition coefficient (Wildman–Crippen LogP) is 3.89. The summed E-state index contributed by atoms with van der Waals surface area (Å²) in [5, 5.41) is 5.90. The highest BCUT2D eigenvalue weighted by atomic mass is 16.5. The number of urea groups is 1. The first-order chi connectivity index (χ1) is 20.5. The molecule has 3 aromatic rings. The van der Waals surface area contributed by atoms with Gasteiger partial charge in [-0.05, 0) is 75.5 Å². The lowest BCUT2D eigenvalue weighted by Crippen LogP contribution is -2.47. The monoisotopic (exact) mass is 568 g/mol. The Kier molecular flexibility index (Phi) is 7.43. The Labute approximate surface area is 247 Å². The molecule has 0 aliphatic carbocycles. The molecule has 0 spiro atoms. The van der Waals surface area contributed by atoms with Crippen LogP contribution in [0.2, 0.25) is 0 Å². The Bertz CT molecular complexity index is 1410. The number of carbonyl (C=O) groups excluding carboxylic acids is 1. The third kappa shape index (κ3) is 5.54. The normalized spacial score (nSPS) is 22.6. The molecule has 5 heterocycles. The van der Waals surface area contributed by atoms with Gasteiger partial charge in [-0.25, -0.2) is 14.8 Å². The number of nitrogens with one attached hydrogen (secondary N) is 2. The minimum Gasteiger partial charge on any atom is -0.377 e. The number of amides is 2. The lowest BCUT2D eigenvalue weighted by molar-refractivity contribution is 0.0899. The second kappa shape index (κ2) is 11.5. The largest absolute Gasteiger partial charge is 0.377 e. The summed E-state index contributed by atoms with van der Waals surface area (Å²) in [4.78, 5) is 32.5. The quantitative estimate of drug-likeness (QED) is 0.479. The molecule has 2 unspecified atom stereocenters. The summed E-state index contributed by atoms with van der Waals surface area (Å²) in [6.45, 7) is 7.56. The summed E-state index contributed by atoms with van der Waals surface area (Å²) in [6.07, 6.45) is 3.22. The number of likely N-dealkylation sites (N-methyl/N-ethyl adjacent to an activating group) is 2. The number of fused-ring (bicyclic) bond motifs is 3. The predicted molar refractivity (Wildman–Crippen MR) is 166 cm³/mol. The first-order valence-corrected chi connectivity index (χ1v) is 15.2. The first kappa shape index (κ1) is 27.1. The van der Waals surface area contributed by atoms with Crippen LogP contribution in [-0.2, 0) is 17.7 Å². The minimum atomic E-state index is -0.269. The fourth-order valence-corrected chi connectivity index (χ4v) is 6.66. The van der Waals surface area contributed by atoms with E-state index in [1.165, 1.54) is 11.3 Å².